The summed E-state index contributed by atoms with van der Waals surface area (Å²) in [6, 6.07) is 7.17. The fraction of sp³-hybridized carbons (Fsp3) is 0.467. The Hall–Kier alpha value is -1.68. The number of rotatable bonds is 4. The first-order valence-corrected chi connectivity index (χ1v) is 6.93. The number of hydrogen-bond donors (Lipinski definition) is 1. The molecule has 1 aromatic heterocycles. The van der Waals surface area contributed by atoms with E-state index in [0.717, 1.165) is 0 Å². The van der Waals surface area contributed by atoms with Gasteiger partial charge in [-0.05, 0) is 49.3 Å². The van der Waals surface area contributed by atoms with E-state index in [1.165, 1.54) is 48.8 Å². The molecular formula is C15H19N3O. The van der Waals surface area contributed by atoms with E-state index in [9.17, 15) is 0 Å². The minimum absolute atomic E-state index is 0.297. The zero-order valence-electron chi connectivity index (χ0n) is 11.2. The first kappa shape index (κ1) is 12.4. The van der Waals surface area contributed by atoms with E-state index >= 15 is 0 Å². The van der Waals surface area contributed by atoms with Crippen LogP contribution in [-0.2, 0) is 19.4 Å². The first-order chi connectivity index (χ1) is 9.33. The van der Waals surface area contributed by atoms with Gasteiger partial charge in [-0.2, -0.15) is 4.98 Å². The molecule has 2 aromatic rings. The van der Waals surface area contributed by atoms with Crippen LogP contribution in [0.15, 0.2) is 29.1 Å². The van der Waals surface area contributed by atoms with E-state index in [1.807, 2.05) is 0 Å². The van der Waals surface area contributed by atoms with Crippen molar-refractivity contribution in [2.24, 2.45) is 0 Å². The van der Waals surface area contributed by atoms with Crippen molar-refractivity contribution >= 4 is 0 Å². The topological polar surface area (TPSA) is 51.0 Å². The lowest BCUT2D eigenvalue weighted by Gasteiger charge is -2.19. The third-order valence-electron chi connectivity index (χ3n) is 3.85. The van der Waals surface area contributed by atoms with Crippen molar-refractivity contribution < 1.29 is 4.52 Å². The lowest BCUT2D eigenvalue weighted by atomic mass is 9.89. The highest BCUT2D eigenvalue weighted by Crippen LogP contribution is 2.24. The fourth-order valence-corrected chi connectivity index (χ4v) is 2.66. The number of nitrogens with zero attached hydrogens (tertiary/aromatic N) is 2. The Morgan fingerprint density at radius 3 is 2.89 bits per heavy atom. The van der Waals surface area contributed by atoms with Gasteiger partial charge in [0.2, 0.25) is 6.39 Å². The van der Waals surface area contributed by atoms with E-state index in [0.29, 0.717) is 18.4 Å². The summed E-state index contributed by atoms with van der Waals surface area (Å²) in [5.41, 5.74) is 4.39. The second-order valence-corrected chi connectivity index (χ2v) is 5.19. The number of aryl methyl sites for hydroxylation is 2. The second-order valence-electron chi connectivity index (χ2n) is 5.19. The summed E-state index contributed by atoms with van der Waals surface area (Å²) >= 11 is 0. The summed E-state index contributed by atoms with van der Waals surface area (Å²) in [5.74, 6) is 0.699. The third-order valence-corrected chi connectivity index (χ3v) is 3.85. The monoisotopic (exact) mass is 257 g/mol. The summed E-state index contributed by atoms with van der Waals surface area (Å²) in [6.45, 7) is 2.80. The van der Waals surface area contributed by atoms with Crippen LogP contribution in [0.2, 0.25) is 0 Å². The minimum atomic E-state index is 0.297. The second kappa shape index (κ2) is 5.53. The van der Waals surface area contributed by atoms with Gasteiger partial charge in [-0.25, -0.2) is 0 Å². The molecule has 3 rings (SSSR count). The lowest BCUT2D eigenvalue weighted by molar-refractivity contribution is 0.405. The van der Waals surface area contributed by atoms with Gasteiger partial charge >= 0.3 is 0 Å². The van der Waals surface area contributed by atoms with Crippen LogP contribution >= 0.6 is 0 Å². The van der Waals surface area contributed by atoms with Gasteiger partial charge < -0.3 is 9.84 Å². The minimum Gasteiger partial charge on any atom is -0.343 e. The van der Waals surface area contributed by atoms with E-state index in [-0.39, 0.29) is 0 Å². The molecule has 0 bridgehead atoms. The molecule has 0 saturated heterocycles. The van der Waals surface area contributed by atoms with Gasteiger partial charge in [0.15, 0.2) is 5.82 Å². The molecule has 1 aromatic carbocycles. The molecule has 0 aliphatic heterocycles. The Kier molecular flexibility index (Phi) is 3.60. The van der Waals surface area contributed by atoms with Gasteiger partial charge in [0.05, 0.1) is 6.54 Å². The van der Waals surface area contributed by atoms with Crippen LogP contribution < -0.4 is 5.32 Å². The number of fused-ring (bicyclic) bond motifs is 1. The summed E-state index contributed by atoms with van der Waals surface area (Å²) < 4.78 is 4.73. The smallest absolute Gasteiger partial charge is 0.213 e. The van der Waals surface area contributed by atoms with Gasteiger partial charge in [0.1, 0.15) is 0 Å². The van der Waals surface area contributed by atoms with Crippen molar-refractivity contribution in [2.45, 2.75) is 45.2 Å². The van der Waals surface area contributed by atoms with Crippen LogP contribution in [-0.4, -0.2) is 10.1 Å². The number of hydrogen-bond acceptors (Lipinski definition) is 4. The van der Waals surface area contributed by atoms with E-state index in [1.54, 1.807) is 0 Å². The number of aromatic nitrogens is 2. The molecular weight excluding hydrogens is 238 g/mol. The maximum Gasteiger partial charge on any atom is 0.213 e. The van der Waals surface area contributed by atoms with Gasteiger partial charge in [-0.3, -0.25) is 0 Å². The number of benzene rings is 1. The van der Waals surface area contributed by atoms with Crippen molar-refractivity contribution in [1.29, 1.82) is 0 Å². The third kappa shape index (κ3) is 2.84. The molecule has 0 fully saturated rings. The summed E-state index contributed by atoms with van der Waals surface area (Å²) in [6.07, 6.45) is 6.47. The SMILES string of the molecule is CC(NCc1ncon1)c1ccc2c(c1)CCCC2. The molecule has 0 amide bonds. The zero-order valence-corrected chi connectivity index (χ0v) is 11.2. The Labute approximate surface area is 113 Å². The Morgan fingerprint density at radius 1 is 1.26 bits per heavy atom. The Bertz CT molecular complexity index is 536. The summed E-state index contributed by atoms with van der Waals surface area (Å²) in [5, 5.41) is 7.23. The van der Waals surface area contributed by atoms with Gasteiger partial charge in [0.25, 0.3) is 0 Å². The zero-order chi connectivity index (χ0) is 13.1. The fourth-order valence-electron chi connectivity index (χ4n) is 2.66. The molecule has 0 radical (unpaired) electrons. The van der Waals surface area contributed by atoms with Gasteiger partial charge in [0, 0.05) is 6.04 Å². The van der Waals surface area contributed by atoms with E-state index < -0.39 is 0 Å². The molecule has 1 unspecified atom stereocenters. The average molecular weight is 257 g/mol. The van der Waals surface area contributed by atoms with Crippen molar-refractivity contribution in [2.75, 3.05) is 0 Å². The van der Waals surface area contributed by atoms with Crippen LogP contribution in [0.3, 0.4) is 0 Å². The highest BCUT2D eigenvalue weighted by Gasteiger charge is 2.12. The number of nitrogens with one attached hydrogen (secondary N) is 1. The van der Waals surface area contributed by atoms with E-state index in [2.05, 4.69) is 40.6 Å². The lowest BCUT2D eigenvalue weighted by Crippen LogP contribution is -2.19. The van der Waals surface area contributed by atoms with Crippen LogP contribution in [0.5, 0.6) is 0 Å². The first-order valence-electron chi connectivity index (χ1n) is 6.93. The van der Waals surface area contributed by atoms with Crippen LogP contribution in [0.25, 0.3) is 0 Å². The molecule has 1 aliphatic carbocycles. The summed E-state index contributed by atoms with van der Waals surface area (Å²) in [7, 11) is 0. The normalized spacial score (nSPS) is 16.1. The quantitative estimate of drug-likeness (QED) is 0.915. The Morgan fingerprint density at radius 2 is 2.11 bits per heavy atom. The molecule has 4 heteroatoms. The predicted molar refractivity (Wildman–Crippen MR) is 72.6 cm³/mol. The highest BCUT2D eigenvalue weighted by molar-refractivity contribution is 5.35. The summed E-state index contributed by atoms with van der Waals surface area (Å²) in [4.78, 5) is 4.01. The van der Waals surface area contributed by atoms with Crippen molar-refractivity contribution in [3.05, 3.63) is 47.1 Å². The molecule has 1 atom stereocenters. The van der Waals surface area contributed by atoms with Gasteiger partial charge in [-0.1, -0.05) is 23.4 Å². The molecule has 1 heterocycles. The van der Waals surface area contributed by atoms with Gasteiger partial charge in [-0.15, -0.1) is 0 Å². The maximum absolute atomic E-state index is 4.73. The standard InChI is InChI=1S/C15H19N3O/c1-11(16-9-15-17-10-19-18-15)13-7-6-12-4-2-3-5-14(12)8-13/h6-8,10-11,16H,2-5,9H2,1H3. The maximum atomic E-state index is 4.73. The molecule has 0 saturated carbocycles. The largest absolute Gasteiger partial charge is 0.343 e. The van der Waals surface area contributed by atoms with Crippen molar-refractivity contribution in [3.8, 4) is 0 Å². The molecule has 1 N–H and O–H groups in total. The molecule has 4 nitrogen and oxygen atoms in total. The van der Waals surface area contributed by atoms with Crippen LogP contribution in [0.1, 0.15) is 48.3 Å². The molecule has 1 aliphatic rings. The highest BCUT2D eigenvalue weighted by atomic mass is 16.5. The van der Waals surface area contributed by atoms with E-state index in [4.69, 9.17) is 4.52 Å². The average Bonchev–Trinajstić information content (AvgIpc) is 2.97. The van der Waals surface area contributed by atoms with Crippen LogP contribution in [0.4, 0.5) is 0 Å². The molecule has 100 valence electrons. The predicted octanol–water partition coefficient (Wildman–Crippen LogP) is 2.80. The molecule has 19 heavy (non-hydrogen) atoms. The van der Waals surface area contributed by atoms with Crippen LogP contribution in [0, 0.1) is 0 Å². The molecule has 0 spiro atoms. The van der Waals surface area contributed by atoms with Crippen molar-refractivity contribution in [3.63, 3.8) is 0 Å². The van der Waals surface area contributed by atoms with Crippen molar-refractivity contribution in [1.82, 2.24) is 15.5 Å². The Balaban J connectivity index is 1.67.